The minimum atomic E-state index is -0.849. The lowest BCUT2D eigenvalue weighted by atomic mass is 9.66. The van der Waals surface area contributed by atoms with Crippen molar-refractivity contribution in [3.05, 3.63) is 0 Å². The molecule has 1 unspecified atom stereocenters. The zero-order valence-electron chi connectivity index (χ0n) is 12.3. The van der Waals surface area contributed by atoms with Gasteiger partial charge < -0.3 is 9.84 Å². The third kappa shape index (κ3) is 3.71. The van der Waals surface area contributed by atoms with E-state index >= 15 is 0 Å². The van der Waals surface area contributed by atoms with Crippen molar-refractivity contribution >= 4 is 5.97 Å². The van der Waals surface area contributed by atoms with E-state index in [9.17, 15) is 9.90 Å². The van der Waals surface area contributed by atoms with Gasteiger partial charge in [-0.1, -0.05) is 33.6 Å². The molecule has 0 aromatic rings. The van der Waals surface area contributed by atoms with Crippen LogP contribution in [0.15, 0.2) is 0 Å². The number of methoxy groups -OCH3 is 1. The van der Waals surface area contributed by atoms with Crippen molar-refractivity contribution in [3.8, 4) is 0 Å². The molecule has 3 heteroatoms. The number of hydrogen-bond acceptors (Lipinski definition) is 3. The van der Waals surface area contributed by atoms with Crippen molar-refractivity contribution in [2.75, 3.05) is 7.11 Å². The smallest absolute Gasteiger partial charge is 0.311 e. The monoisotopic (exact) mass is 256 g/mol. The molecule has 3 nitrogen and oxygen atoms in total. The molecular weight excluding hydrogens is 228 g/mol. The molecule has 0 bridgehead atoms. The lowest BCUT2D eigenvalue weighted by Crippen LogP contribution is -2.47. The summed E-state index contributed by atoms with van der Waals surface area (Å²) in [4.78, 5) is 11.9. The van der Waals surface area contributed by atoms with Gasteiger partial charge >= 0.3 is 5.97 Å². The molecule has 1 atom stereocenters. The van der Waals surface area contributed by atoms with Crippen LogP contribution < -0.4 is 0 Å². The third-order valence-electron chi connectivity index (χ3n) is 4.45. The fourth-order valence-electron chi connectivity index (χ4n) is 2.86. The van der Waals surface area contributed by atoms with Gasteiger partial charge in [-0.05, 0) is 37.5 Å². The number of carbonyl (C=O) groups excluding carboxylic acids is 1. The molecule has 0 amide bonds. The van der Waals surface area contributed by atoms with Gasteiger partial charge in [0, 0.05) is 0 Å². The van der Waals surface area contributed by atoms with E-state index in [0.717, 1.165) is 32.1 Å². The maximum Gasteiger partial charge on any atom is 0.311 e. The van der Waals surface area contributed by atoms with Crippen molar-refractivity contribution < 1.29 is 14.6 Å². The summed E-state index contributed by atoms with van der Waals surface area (Å²) in [6.45, 7) is 6.56. The van der Waals surface area contributed by atoms with Gasteiger partial charge in [-0.15, -0.1) is 0 Å². The normalized spacial score (nSPS) is 23.4. The summed E-state index contributed by atoms with van der Waals surface area (Å²) in [5, 5.41) is 10.8. The number of ether oxygens (including phenoxy) is 1. The third-order valence-corrected chi connectivity index (χ3v) is 4.45. The Hall–Kier alpha value is -0.570. The summed E-state index contributed by atoms with van der Waals surface area (Å²) >= 11 is 0. The van der Waals surface area contributed by atoms with Crippen molar-refractivity contribution in [1.82, 2.24) is 0 Å². The summed E-state index contributed by atoms with van der Waals surface area (Å²) in [6.07, 6.45) is 6.11. The highest BCUT2D eigenvalue weighted by Gasteiger charge is 2.45. The van der Waals surface area contributed by atoms with Gasteiger partial charge in [0.05, 0.1) is 18.6 Å². The maximum absolute atomic E-state index is 11.9. The van der Waals surface area contributed by atoms with Gasteiger partial charge in [-0.2, -0.15) is 0 Å². The number of aliphatic hydroxyl groups is 1. The molecule has 0 aliphatic heterocycles. The zero-order valence-corrected chi connectivity index (χ0v) is 12.3. The molecule has 1 N–H and O–H groups in total. The fraction of sp³-hybridized carbons (Fsp3) is 0.933. The molecule has 1 saturated carbocycles. The average Bonchev–Trinajstić information content (AvgIpc) is 2.33. The number of carbonyl (C=O) groups is 1. The summed E-state index contributed by atoms with van der Waals surface area (Å²) in [5.74, 6) is -0.593. The van der Waals surface area contributed by atoms with Crippen LogP contribution in [0.4, 0.5) is 0 Å². The minimum Gasteiger partial charge on any atom is -0.469 e. The van der Waals surface area contributed by atoms with Crippen molar-refractivity contribution in [2.24, 2.45) is 11.3 Å². The molecule has 0 radical (unpaired) electrons. The Morgan fingerprint density at radius 1 is 1.28 bits per heavy atom. The first kappa shape index (κ1) is 15.5. The van der Waals surface area contributed by atoms with Gasteiger partial charge in [0.2, 0.25) is 0 Å². The molecule has 1 fully saturated rings. The number of unbranched alkanes of at least 4 members (excludes halogenated alkanes) is 1. The highest BCUT2D eigenvalue weighted by molar-refractivity contribution is 5.73. The van der Waals surface area contributed by atoms with E-state index in [1.54, 1.807) is 0 Å². The number of rotatable bonds is 5. The van der Waals surface area contributed by atoms with Gasteiger partial charge in [0.15, 0.2) is 0 Å². The van der Waals surface area contributed by atoms with Crippen LogP contribution in [0.2, 0.25) is 0 Å². The van der Waals surface area contributed by atoms with E-state index in [2.05, 4.69) is 20.8 Å². The van der Waals surface area contributed by atoms with Crippen molar-refractivity contribution in [1.29, 1.82) is 0 Å². The molecule has 106 valence electrons. The lowest BCUT2D eigenvalue weighted by Gasteiger charge is -2.43. The molecule has 18 heavy (non-hydrogen) atoms. The maximum atomic E-state index is 11.9. The number of esters is 1. The Bertz CT molecular complexity index is 273. The van der Waals surface area contributed by atoms with Crippen LogP contribution in [0.3, 0.4) is 0 Å². The molecule has 0 aromatic carbocycles. The molecule has 0 saturated heterocycles. The molecule has 0 heterocycles. The molecule has 1 aliphatic rings. The van der Waals surface area contributed by atoms with Crippen molar-refractivity contribution in [2.45, 2.75) is 71.3 Å². The Morgan fingerprint density at radius 2 is 1.83 bits per heavy atom. The predicted octanol–water partition coefficient (Wildman–Crippen LogP) is 3.30. The second-order valence-corrected chi connectivity index (χ2v) is 6.49. The Balaban J connectivity index is 2.74. The van der Waals surface area contributed by atoms with Gasteiger partial charge in [-0.3, -0.25) is 4.79 Å². The summed E-state index contributed by atoms with van der Waals surface area (Å²) in [6, 6.07) is 0. The Morgan fingerprint density at radius 3 is 2.28 bits per heavy atom. The zero-order chi connectivity index (χ0) is 13.8. The molecule has 0 aromatic heterocycles. The SMILES string of the molecule is CCCCC(C(=O)OC)C1(O)CCC(C)(C)CC1. The van der Waals surface area contributed by atoms with Crippen LogP contribution in [0.5, 0.6) is 0 Å². The predicted molar refractivity (Wildman–Crippen MR) is 72.2 cm³/mol. The molecule has 1 rings (SSSR count). The summed E-state index contributed by atoms with van der Waals surface area (Å²) in [5.41, 5.74) is -0.560. The quantitative estimate of drug-likeness (QED) is 0.768. The van der Waals surface area contributed by atoms with E-state index < -0.39 is 5.60 Å². The van der Waals surface area contributed by atoms with E-state index in [0.29, 0.717) is 12.8 Å². The Kier molecular flexibility index (Phi) is 5.20. The van der Waals surface area contributed by atoms with Crippen LogP contribution in [-0.4, -0.2) is 23.8 Å². The van der Waals surface area contributed by atoms with Gasteiger partial charge in [0.25, 0.3) is 0 Å². The highest BCUT2D eigenvalue weighted by atomic mass is 16.5. The first-order chi connectivity index (χ1) is 8.34. The fourth-order valence-corrected chi connectivity index (χ4v) is 2.86. The average molecular weight is 256 g/mol. The summed E-state index contributed by atoms with van der Waals surface area (Å²) in [7, 11) is 1.41. The van der Waals surface area contributed by atoms with E-state index in [-0.39, 0.29) is 17.3 Å². The second-order valence-electron chi connectivity index (χ2n) is 6.49. The lowest BCUT2D eigenvalue weighted by molar-refractivity contribution is -0.161. The van der Waals surface area contributed by atoms with Crippen molar-refractivity contribution in [3.63, 3.8) is 0 Å². The molecule has 1 aliphatic carbocycles. The first-order valence-corrected chi connectivity index (χ1v) is 7.15. The van der Waals surface area contributed by atoms with E-state index in [1.807, 2.05) is 0 Å². The minimum absolute atomic E-state index is 0.245. The molecular formula is C15H28O3. The standard InChI is InChI=1S/C15H28O3/c1-5-6-7-12(13(16)18-4)15(17)10-8-14(2,3)9-11-15/h12,17H,5-11H2,1-4H3. The number of hydrogen-bond donors (Lipinski definition) is 1. The highest BCUT2D eigenvalue weighted by Crippen LogP contribution is 2.44. The second kappa shape index (κ2) is 6.05. The van der Waals surface area contributed by atoms with Crippen LogP contribution in [0, 0.1) is 11.3 Å². The molecule has 0 spiro atoms. The first-order valence-electron chi connectivity index (χ1n) is 7.15. The van der Waals surface area contributed by atoms with Crippen LogP contribution >= 0.6 is 0 Å². The van der Waals surface area contributed by atoms with Gasteiger partial charge in [-0.25, -0.2) is 0 Å². The van der Waals surface area contributed by atoms with Gasteiger partial charge in [0.1, 0.15) is 0 Å². The van der Waals surface area contributed by atoms with Crippen LogP contribution in [0.1, 0.15) is 65.7 Å². The summed E-state index contributed by atoms with van der Waals surface area (Å²) < 4.78 is 4.88. The Labute approximate surface area is 111 Å². The van der Waals surface area contributed by atoms with Crippen LogP contribution in [-0.2, 0) is 9.53 Å². The van der Waals surface area contributed by atoms with Crippen LogP contribution in [0.25, 0.3) is 0 Å². The topological polar surface area (TPSA) is 46.5 Å². The largest absolute Gasteiger partial charge is 0.469 e. The van der Waals surface area contributed by atoms with E-state index in [1.165, 1.54) is 7.11 Å². The van der Waals surface area contributed by atoms with E-state index in [4.69, 9.17) is 4.74 Å².